The van der Waals surface area contributed by atoms with E-state index in [1.165, 1.54) is 5.56 Å². The summed E-state index contributed by atoms with van der Waals surface area (Å²) in [5.41, 5.74) is 1.24. The highest BCUT2D eigenvalue weighted by molar-refractivity contribution is 5.39. The predicted octanol–water partition coefficient (Wildman–Crippen LogP) is 3.34. The van der Waals surface area contributed by atoms with Gasteiger partial charge in [-0.2, -0.15) is 0 Å². The largest absolute Gasteiger partial charge is 0.497 e. The van der Waals surface area contributed by atoms with E-state index in [1.807, 2.05) is 57.4 Å². The van der Waals surface area contributed by atoms with Crippen molar-refractivity contribution in [2.75, 3.05) is 32.1 Å². The van der Waals surface area contributed by atoms with Gasteiger partial charge in [0.15, 0.2) is 0 Å². The Balaban J connectivity index is 0.00000116. The van der Waals surface area contributed by atoms with Crippen LogP contribution in [-0.4, -0.2) is 32.2 Å². The van der Waals surface area contributed by atoms with Gasteiger partial charge in [-0.3, -0.25) is 0 Å². The molecular weight excluding hydrogens is 274 g/mol. The minimum Gasteiger partial charge on any atom is -0.497 e. The van der Waals surface area contributed by atoms with E-state index in [0.717, 1.165) is 31.2 Å². The second-order valence-corrected chi connectivity index (χ2v) is 4.56. The third-order valence-corrected chi connectivity index (χ3v) is 3.14. The number of hydrogen-bond acceptors (Lipinski definition) is 4. The molecule has 0 saturated carbocycles. The zero-order chi connectivity index (χ0) is 16.2. The molecule has 22 heavy (non-hydrogen) atoms. The first kappa shape index (κ1) is 18.0. The van der Waals surface area contributed by atoms with Crippen LogP contribution in [0.25, 0.3) is 0 Å². The third-order valence-electron chi connectivity index (χ3n) is 3.14. The molecule has 120 valence electrons. The van der Waals surface area contributed by atoms with Crippen LogP contribution in [0.15, 0.2) is 48.7 Å². The fourth-order valence-electron chi connectivity index (χ4n) is 2.01. The van der Waals surface area contributed by atoms with E-state index in [1.54, 1.807) is 7.11 Å². The van der Waals surface area contributed by atoms with E-state index in [0.29, 0.717) is 0 Å². The Morgan fingerprint density at radius 3 is 2.36 bits per heavy atom. The number of pyridine rings is 1. The molecule has 0 amide bonds. The Bertz CT molecular complexity index is 500. The average molecular weight is 301 g/mol. The standard InChI is InChI=1S/C16H21N3O.C2H6/c1-17-11-12-19(16-5-3-4-10-18-16)13-14-6-8-15(20-2)9-7-14;1-2/h3-10,17H,11-13H2,1-2H3;1-2H3. The Morgan fingerprint density at radius 1 is 1.09 bits per heavy atom. The molecule has 1 aromatic heterocycles. The van der Waals surface area contributed by atoms with Gasteiger partial charge in [-0.05, 0) is 36.9 Å². The molecule has 4 heteroatoms. The van der Waals surface area contributed by atoms with Crippen LogP contribution in [0, 0.1) is 0 Å². The van der Waals surface area contributed by atoms with Gasteiger partial charge in [0.1, 0.15) is 11.6 Å². The van der Waals surface area contributed by atoms with Gasteiger partial charge in [0, 0.05) is 25.8 Å². The Morgan fingerprint density at radius 2 is 1.82 bits per heavy atom. The zero-order valence-electron chi connectivity index (χ0n) is 14.0. The molecule has 0 unspecified atom stereocenters. The van der Waals surface area contributed by atoms with Crippen LogP contribution in [0.3, 0.4) is 0 Å². The monoisotopic (exact) mass is 301 g/mol. The number of likely N-dealkylation sites (N-methyl/N-ethyl adjacent to an activating group) is 1. The minimum atomic E-state index is 0.836. The summed E-state index contributed by atoms with van der Waals surface area (Å²) >= 11 is 0. The summed E-state index contributed by atoms with van der Waals surface area (Å²) in [4.78, 5) is 6.70. The highest BCUT2D eigenvalue weighted by Crippen LogP contribution is 2.16. The zero-order valence-corrected chi connectivity index (χ0v) is 14.0. The van der Waals surface area contributed by atoms with Crippen LogP contribution in [0.2, 0.25) is 0 Å². The molecule has 1 heterocycles. The Kier molecular flexibility index (Phi) is 8.69. The van der Waals surface area contributed by atoms with Crippen LogP contribution < -0.4 is 15.0 Å². The van der Waals surface area contributed by atoms with Crippen LogP contribution in [0.1, 0.15) is 19.4 Å². The van der Waals surface area contributed by atoms with Crippen molar-refractivity contribution in [3.05, 3.63) is 54.2 Å². The Hall–Kier alpha value is -2.07. The maximum absolute atomic E-state index is 5.19. The summed E-state index contributed by atoms with van der Waals surface area (Å²) in [6.07, 6.45) is 1.83. The number of aromatic nitrogens is 1. The number of ether oxygens (including phenoxy) is 1. The summed E-state index contributed by atoms with van der Waals surface area (Å²) in [5, 5.41) is 3.18. The lowest BCUT2D eigenvalue weighted by atomic mass is 10.2. The first-order valence-corrected chi connectivity index (χ1v) is 7.77. The maximum atomic E-state index is 5.19. The van der Waals surface area contributed by atoms with Gasteiger partial charge in [0.05, 0.1) is 7.11 Å². The van der Waals surface area contributed by atoms with Gasteiger partial charge < -0.3 is 15.0 Å². The van der Waals surface area contributed by atoms with E-state index < -0.39 is 0 Å². The highest BCUT2D eigenvalue weighted by atomic mass is 16.5. The van der Waals surface area contributed by atoms with Crippen LogP contribution in [0.5, 0.6) is 5.75 Å². The summed E-state index contributed by atoms with van der Waals surface area (Å²) in [5.74, 6) is 1.88. The molecule has 1 N–H and O–H groups in total. The summed E-state index contributed by atoms with van der Waals surface area (Å²) in [7, 11) is 3.64. The number of nitrogens with one attached hydrogen (secondary N) is 1. The van der Waals surface area contributed by atoms with Crippen LogP contribution in [0.4, 0.5) is 5.82 Å². The molecule has 0 bridgehead atoms. The Labute approximate surface area is 134 Å². The van der Waals surface area contributed by atoms with E-state index in [-0.39, 0.29) is 0 Å². The van der Waals surface area contributed by atoms with Gasteiger partial charge in [-0.25, -0.2) is 4.98 Å². The molecule has 1 aromatic carbocycles. The smallest absolute Gasteiger partial charge is 0.128 e. The maximum Gasteiger partial charge on any atom is 0.128 e. The molecular formula is C18H27N3O. The molecule has 0 aliphatic carbocycles. The second-order valence-electron chi connectivity index (χ2n) is 4.56. The van der Waals surface area contributed by atoms with Gasteiger partial charge in [0.25, 0.3) is 0 Å². The first-order valence-electron chi connectivity index (χ1n) is 7.77. The molecule has 0 spiro atoms. The molecule has 0 radical (unpaired) electrons. The van der Waals surface area contributed by atoms with Gasteiger partial charge >= 0.3 is 0 Å². The lowest BCUT2D eigenvalue weighted by Gasteiger charge is -2.23. The predicted molar refractivity (Wildman–Crippen MR) is 93.6 cm³/mol. The first-order chi connectivity index (χ1) is 10.8. The highest BCUT2D eigenvalue weighted by Gasteiger charge is 2.07. The van der Waals surface area contributed by atoms with Crippen molar-refractivity contribution in [1.29, 1.82) is 0 Å². The summed E-state index contributed by atoms with van der Waals surface area (Å²) in [6.45, 7) is 6.68. The number of benzene rings is 1. The molecule has 0 atom stereocenters. The molecule has 4 nitrogen and oxygen atoms in total. The lowest BCUT2D eigenvalue weighted by molar-refractivity contribution is 0.414. The van der Waals surface area contributed by atoms with E-state index in [4.69, 9.17) is 4.74 Å². The number of rotatable bonds is 7. The average Bonchev–Trinajstić information content (AvgIpc) is 2.61. The van der Waals surface area contributed by atoms with Gasteiger partial charge in [-0.1, -0.05) is 32.0 Å². The summed E-state index contributed by atoms with van der Waals surface area (Å²) < 4.78 is 5.19. The molecule has 2 aromatic rings. The SMILES string of the molecule is CC.CNCCN(Cc1ccc(OC)cc1)c1ccccn1. The third kappa shape index (κ3) is 5.74. The molecule has 0 aliphatic rings. The number of nitrogens with zero attached hydrogens (tertiary/aromatic N) is 2. The topological polar surface area (TPSA) is 37.4 Å². The van der Waals surface area contributed by atoms with Crippen molar-refractivity contribution < 1.29 is 4.74 Å². The lowest BCUT2D eigenvalue weighted by Crippen LogP contribution is -2.30. The van der Waals surface area contributed by atoms with Crippen molar-refractivity contribution in [1.82, 2.24) is 10.3 Å². The normalized spacial score (nSPS) is 9.64. The van der Waals surface area contributed by atoms with Crippen LogP contribution >= 0.6 is 0 Å². The molecule has 2 rings (SSSR count). The minimum absolute atomic E-state index is 0.836. The van der Waals surface area contributed by atoms with E-state index >= 15 is 0 Å². The van der Waals surface area contributed by atoms with Crippen molar-refractivity contribution in [3.8, 4) is 5.75 Å². The fourth-order valence-corrected chi connectivity index (χ4v) is 2.01. The van der Waals surface area contributed by atoms with Gasteiger partial charge in [0.2, 0.25) is 0 Å². The molecule has 0 fully saturated rings. The van der Waals surface area contributed by atoms with Crippen molar-refractivity contribution in [2.24, 2.45) is 0 Å². The van der Waals surface area contributed by atoms with Crippen molar-refractivity contribution >= 4 is 5.82 Å². The second kappa shape index (κ2) is 10.6. The molecule has 0 aliphatic heterocycles. The summed E-state index contributed by atoms with van der Waals surface area (Å²) in [6, 6.07) is 14.2. The van der Waals surface area contributed by atoms with Crippen molar-refractivity contribution in [2.45, 2.75) is 20.4 Å². The van der Waals surface area contributed by atoms with Crippen LogP contribution in [-0.2, 0) is 6.54 Å². The van der Waals surface area contributed by atoms with Gasteiger partial charge in [-0.15, -0.1) is 0 Å². The quantitative estimate of drug-likeness (QED) is 0.851. The fraction of sp³-hybridized carbons (Fsp3) is 0.389. The van der Waals surface area contributed by atoms with E-state index in [9.17, 15) is 0 Å². The number of methoxy groups -OCH3 is 1. The number of hydrogen-bond donors (Lipinski definition) is 1. The van der Waals surface area contributed by atoms with Crippen molar-refractivity contribution in [3.63, 3.8) is 0 Å². The van der Waals surface area contributed by atoms with E-state index in [2.05, 4.69) is 27.3 Å². The molecule has 0 saturated heterocycles. The number of anilines is 1.